The lowest BCUT2D eigenvalue weighted by molar-refractivity contribution is -0.123. The molecular weight excluding hydrogens is 380 g/mol. The molecule has 3 aromatic rings. The third-order valence-electron chi connectivity index (χ3n) is 3.87. The number of nitrogens with one attached hydrogen (secondary N) is 1. The summed E-state index contributed by atoms with van der Waals surface area (Å²) in [6.45, 7) is 0. The van der Waals surface area contributed by atoms with Crippen LogP contribution in [0.3, 0.4) is 0 Å². The highest BCUT2D eigenvalue weighted by Crippen LogP contribution is 2.31. The van der Waals surface area contributed by atoms with Gasteiger partial charge < -0.3 is 0 Å². The van der Waals surface area contributed by atoms with E-state index in [1.165, 1.54) is 12.4 Å². The van der Waals surface area contributed by atoms with Crippen LogP contribution in [0.2, 0.25) is 0 Å². The molecule has 2 amide bonds. The average molecular weight is 392 g/mol. The summed E-state index contributed by atoms with van der Waals surface area (Å²) in [4.78, 5) is 33.5. The maximum absolute atomic E-state index is 12.7. The van der Waals surface area contributed by atoms with Gasteiger partial charge in [0.15, 0.2) is 4.32 Å². The lowest BCUT2D eigenvalue weighted by atomic mass is 10.1. The molecule has 1 aromatic carbocycles. The molecule has 0 spiro atoms. The van der Waals surface area contributed by atoms with E-state index in [9.17, 15) is 9.59 Å². The number of thioether (sulfide) groups is 1. The van der Waals surface area contributed by atoms with Crippen LogP contribution in [0.1, 0.15) is 15.9 Å². The largest absolute Gasteiger partial charge is 0.285 e. The molecule has 27 heavy (non-hydrogen) atoms. The van der Waals surface area contributed by atoms with Gasteiger partial charge in [0.05, 0.1) is 10.4 Å². The van der Waals surface area contributed by atoms with Crippen molar-refractivity contribution in [3.05, 3.63) is 77.1 Å². The Bertz CT molecular complexity index is 1100. The van der Waals surface area contributed by atoms with Crippen molar-refractivity contribution in [1.29, 1.82) is 0 Å². The van der Waals surface area contributed by atoms with Crippen molar-refractivity contribution in [2.45, 2.75) is 0 Å². The van der Waals surface area contributed by atoms with Crippen molar-refractivity contribution in [1.82, 2.24) is 20.4 Å². The Labute approximate surface area is 164 Å². The zero-order valence-corrected chi connectivity index (χ0v) is 15.5. The monoisotopic (exact) mass is 392 g/mol. The van der Waals surface area contributed by atoms with Crippen molar-refractivity contribution in [2.24, 2.45) is 0 Å². The summed E-state index contributed by atoms with van der Waals surface area (Å²) < 4.78 is 0.274. The van der Waals surface area contributed by atoms with E-state index in [1.807, 2.05) is 30.3 Å². The van der Waals surface area contributed by atoms with Gasteiger partial charge in [-0.2, -0.15) is 5.01 Å². The summed E-state index contributed by atoms with van der Waals surface area (Å²) in [6.07, 6.45) is 6.50. The minimum absolute atomic E-state index is 0.274. The standard InChI is InChI=1S/C19H12N4O2S2/c24-17(13-5-8-20-9-6-13)22-23-18(25)16(27-19(23)26)11-12-3-4-15-14(10-12)2-1-7-21-15/h1-11H,(H,22,24)/b16-11-. The number of hydrazine groups is 1. The van der Waals surface area contributed by atoms with Crippen LogP contribution in [0.5, 0.6) is 0 Å². The molecule has 2 aromatic heterocycles. The summed E-state index contributed by atoms with van der Waals surface area (Å²) in [5.74, 6) is -0.787. The Morgan fingerprint density at radius 1 is 1.15 bits per heavy atom. The minimum atomic E-state index is -0.424. The van der Waals surface area contributed by atoms with Crippen LogP contribution < -0.4 is 5.43 Å². The molecule has 0 unspecified atom stereocenters. The number of pyridine rings is 2. The first-order valence-corrected chi connectivity index (χ1v) is 9.18. The fraction of sp³-hybridized carbons (Fsp3) is 0. The summed E-state index contributed by atoms with van der Waals surface area (Å²) in [5, 5.41) is 2.07. The molecule has 0 saturated carbocycles. The summed E-state index contributed by atoms with van der Waals surface area (Å²) in [5.41, 5.74) is 4.68. The van der Waals surface area contributed by atoms with Gasteiger partial charge in [-0.25, -0.2) is 0 Å². The van der Waals surface area contributed by atoms with E-state index in [1.54, 1.807) is 24.4 Å². The van der Waals surface area contributed by atoms with E-state index >= 15 is 0 Å². The van der Waals surface area contributed by atoms with E-state index in [-0.39, 0.29) is 10.2 Å². The molecule has 1 aliphatic heterocycles. The quantitative estimate of drug-likeness (QED) is 0.545. The fourth-order valence-corrected chi connectivity index (χ4v) is 3.75. The molecule has 1 fully saturated rings. The second kappa shape index (κ2) is 7.26. The van der Waals surface area contributed by atoms with Gasteiger partial charge in [-0.1, -0.05) is 23.9 Å². The topological polar surface area (TPSA) is 75.2 Å². The number of carbonyl (C=O) groups is 2. The molecule has 1 aliphatic rings. The Kier molecular flexibility index (Phi) is 4.66. The van der Waals surface area contributed by atoms with E-state index in [2.05, 4.69) is 15.4 Å². The van der Waals surface area contributed by atoms with E-state index in [0.29, 0.717) is 10.5 Å². The SMILES string of the molecule is O=C(NN1C(=O)/C(=C/c2ccc3ncccc3c2)SC1=S)c1ccncc1. The molecule has 6 nitrogen and oxygen atoms in total. The van der Waals surface area contributed by atoms with Crippen molar-refractivity contribution < 1.29 is 9.59 Å². The molecule has 1 N–H and O–H groups in total. The van der Waals surface area contributed by atoms with Crippen molar-refractivity contribution in [3.63, 3.8) is 0 Å². The third kappa shape index (κ3) is 3.57. The van der Waals surface area contributed by atoms with Gasteiger partial charge in [0.2, 0.25) is 0 Å². The average Bonchev–Trinajstić information content (AvgIpc) is 2.96. The molecule has 0 radical (unpaired) electrons. The van der Waals surface area contributed by atoms with Crippen LogP contribution in [-0.4, -0.2) is 31.1 Å². The normalized spacial score (nSPS) is 15.6. The molecule has 0 bridgehead atoms. The molecule has 4 rings (SSSR count). The molecule has 132 valence electrons. The number of rotatable bonds is 3. The van der Waals surface area contributed by atoms with E-state index in [4.69, 9.17) is 12.2 Å². The van der Waals surface area contributed by atoms with Gasteiger partial charge in [0, 0.05) is 29.5 Å². The second-order valence-corrected chi connectivity index (χ2v) is 7.33. The number of amides is 2. The molecule has 0 atom stereocenters. The van der Waals surface area contributed by atoms with Crippen LogP contribution in [0.4, 0.5) is 0 Å². The van der Waals surface area contributed by atoms with Crippen LogP contribution in [0, 0.1) is 0 Å². The smallest absolute Gasteiger partial charge is 0.267 e. The number of thiocarbonyl (C=S) groups is 1. The predicted molar refractivity (Wildman–Crippen MR) is 108 cm³/mol. The molecule has 3 heterocycles. The van der Waals surface area contributed by atoms with Crippen LogP contribution >= 0.6 is 24.0 Å². The first-order valence-electron chi connectivity index (χ1n) is 7.95. The molecule has 8 heteroatoms. The van der Waals surface area contributed by atoms with Crippen LogP contribution in [-0.2, 0) is 4.79 Å². The minimum Gasteiger partial charge on any atom is -0.267 e. The van der Waals surface area contributed by atoms with Crippen molar-refractivity contribution >= 4 is 57.1 Å². The Morgan fingerprint density at radius 3 is 2.78 bits per heavy atom. The van der Waals surface area contributed by atoms with Crippen molar-refractivity contribution in [2.75, 3.05) is 0 Å². The number of benzene rings is 1. The first kappa shape index (κ1) is 17.3. The van der Waals surface area contributed by atoms with E-state index < -0.39 is 5.91 Å². The zero-order chi connectivity index (χ0) is 18.8. The molecule has 0 aliphatic carbocycles. The van der Waals surface area contributed by atoms with Crippen LogP contribution in [0.15, 0.2) is 66.0 Å². The number of hydrogen-bond donors (Lipinski definition) is 1. The number of aromatic nitrogens is 2. The highest BCUT2D eigenvalue weighted by atomic mass is 32.2. The predicted octanol–water partition coefficient (Wildman–Crippen LogP) is 3.18. The van der Waals surface area contributed by atoms with Gasteiger partial charge in [-0.3, -0.25) is 25.0 Å². The summed E-state index contributed by atoms with van der Waals surface area (Å²) in [7, 11) is 0. The maximum Gasteiger partial charge on any atom is 0.285 e. The van der Waals surface area contributed by atoms with Crippen molar-refractivity contribution in [3.8, 4) is 0 Å². The zero-order valence-electron chi connectivity index (χ0n) is 13.8. The number of carbonyl (C=O) groups excluding carboxylic acids is 2. The number of hydrogen-bond acceptors (Lipinski definition) is 6. The van der Waals surface area contributed by atoms with Gasteiger partial charge >= 0.3 is 0 Å². The number of fused-ring (bicyclic) bond motifs is 1. The van der Waals surface area contributed by atoms with Gasteiger partial charge in [-0.05, 0) is 54.2 Å². The number of nitrogens with zero attached hydrogens (tertiary/aromatic N) is 3. The molecular formula is C19H12N4O2S2. The fourth-order valence-electron chi connectivity index (χ4n) is 2.57. The highest BCUT2D eigenvalue weighted by Gasteiger charge is 2.33. The van der Waals surface area contributed by atoms with Gasteiger partial charge in [0.25, 0.3) is 11.8 Å². The highest BCUT2D eigenvalue weighted by molar-refractivity contribution is 8.26. The lowest BCUT2D eigenvalue weighted by Crippen LogP contribution is -2.44. The maximum atomic E-state index is 12.7. The second-order valence-electron chi connectivity index (χ2n) is 5.65. The Balaban J connectivity index is 1.56. The van der Waals surface area contributed by atoms with Gasteiger partial charge in [0.1, 0.15) is 0 Å². The first-order chi connectivity index (χ1) is 13.1. The van der Waals surface area contributed by atoms with Gasteiger partial charge in [-0.15, -0.1) is 0 Å². The van der Waals surface area contributed by atoms with Crippen LogP contribution in [0.25, 0.3) is 17.0 Å². The lowest BCUT2D eigenvalue weighted by Gasteiger charge is -2.15. The Hall–Kier alpha value is -3.10. The summed E-state index contributed by atoms with van der Waals surface area (Å²) >= 11 is 6.39. The Morgan fingerprint density at radius 2 is 1.96 bits per heavy atom. The third-order valence-corrected chi connectivity index (χ3v) is 5.18. The van der Waals surface area contributed by atoms with E-state index in [0.717, 1.165) is 33.2 Å². The molecule has 1 saturated heterocycles. The summed E-state index contributed by atoms with van der Waals surface area (Å²) in [6, 6.07) is 12.7.